The number of nitrogens with zero attached hydrogens (tertiary/aromatic N) is 1. The standard InChI is InChI=1S/C15H25N3S/c1-10(2)14(9-18(4)5)17-12-6-7-13(15(16)19)11(3)8-12/h6-8,10,14,17H,9H2,1-5H3,(H2,16,19). The second kappa shape index (κ2) is 6.87. The third-order valence-corrected chi connectivity index (χ3v) is 3.43. The molecule has 0 fully saturated rings. The maximum absolute atomic E-state index is 5.68. The van der Waals surface area contributed by atoms with Crippen LogP contribution in [0.2, 0.25) is 0 Å². The van der Waals surface area contributed by atoms with Crippen LogP contribution in [0.3, 0.4) is 0 Å². The molecule has 0 aliphatic carbocycles. The summed E-state index contributed by atoms with van der Waals surface area (Å²) in [7, 11) is 4.19. The summed E-state index contributed by atoms with van der Waals surface area (Å²) in [5.41, 5.74) is 8.88. The zero-order chi connectivity index (χ0) is 14.6. The molecule has 1 atom stereocenters. The van der Waals surface area contributed by atoms with Crippen LogP contribution >= 0.6 is 12.2 Å². The number of nitrogens with one attached hydrogen (secondary N) is 1. The van der Waals surface area contributed by atoms with Crippen LogP contribution in [0, 0.1) is 12.8 Å². The van der Waals surface area contributed by atoms with E-state index in [0.29, 0.717) is 16.9 Å². The molecular weight excluding hydrogens is 254 g/mol. The van der Waals surface area contributed by atoms with Crippen molar-refractivity contribution in [3.05, 3.63) is 29.3 Å². The van der Waals surface area contributed by atoms with Crippen LogP contribution in [0.1, 0.15) is 25.0 Å². The molecule has 3 nitrogen and oxygen atoms in total. The van der Waals surface area contributed by atoms with Gasteiger partial charge in [0.25, 0.3) is 0 Å². The van der Waals surface area contributed by atoms with Gasteiger partial charge in [0.05, 0.1) is 0 Å². The van der Waals surface area contributed by atoms with Crippen molar-refractivity contribution in [3.8, 4) is 0 Å². The van der Waals surface area contributed by atoms with Crippen molar-refractivity contribution >= 4 is 22.9 Å². The Hall–Kier alpha value is -1.13. The highest BCUT2D eigenvalue weighted by atomic mass is 32.1. The number of hydrogen-bond donors (Lipinski definition) is 2. The number of benzene rings is 1. The summed E-state index contributed by atoms with van der Waals surface area (Å²) in [6.45, 7) is 7.51. The van der Waals surface area contributed by atoms with E-state index in [1.807, 2.05) is 19.1 Å². The van der Waals surface area contributed by atoms with Crippen LogP contribution in [-0.4, -0.2) is 36.6 Å². The number of rotatable bonds is 6. The first kappa shape index (κ1) is 15.9. The molecule has 0 saturated heterocycles. The Morgan fingerprint density at radius 1 is 1.37 bits per heavy atom. The smallest absolute Gasteiger partial charge is 0.104 e. The average molecular weight is 279 g/mol. The normalized spacial score (nSPS) is 12.8. The van der Waals surface area contributed by atoms with E-state index >= 15 is 0 Å². The molecule has 1 aromatic rings. The number of nitrogens with two attached hydrogens (primary N) is 1. The summed E-state index contributed by atoms with van der Waals surface area (Å²) < 4.78 is 0. The summed E-state index contributed by atoms with van der Waals surface area (Å²) in [5.74, 6) is 0.568. The minimum atomic E-state index is 0.421. The number of thiocarbonyl (C=S) groups is 1. The van der Waals surface area contributed by atoms with Gasteiger partial charge in [0.15, 0.2) is 0 Å². The van der Waals surface area contributed by atoms with Gasteiger partial charge >= 0.3 is 0 Å². The molecule has 1 rings (SSSR count). The molecule has 3 N–H and O–H groups in total. The molecule has 4 heteroatoms. The second-order valence-corrected chi connectivity index (χ2v) is 6.09. The fourth-order valence-electron chi connectivity index (χ4n) is 2.06. The fourth-order valence-corrected chi connectivity index (χ4v) is 2.29. The Bertz CT molecular complexity index is 441. The third-order valence-electron chi connectivity index (χ3n) is 3.21. The molecule has 19 heavy (non-hydrogen) atoms. The van der Waals surface area contributed by atoms with Gasteiger partial charge < -0.3 is 16.0 Å². The first-order valence-electron chi connectivity index (χ1n) is 6.63. The highest BCUT2D eigenvalue weighted by Crippen LogP contribution is 2.18. The fraction of sp³-hybridized carbons (Fsp3) is 0.533. The molecule has 0 saturated carbocycles. The van der Waals surface area contributed by atoms with Crippen LogP contribution in [0.4, 0.5) is 5.69 Å². The van der Waals surface area contributed by atoms with Gasteiger partial charge in [-0.1, -0.05) is 26.1 Å². The molecule has 0 aliphatic heterocycles. The lowest BCUT2D eigenvalue weighted by Crippen LogP contribution is -2.36. The third kappa shape index (κ3) is 4.80. The lowest BCUT2D eigenvalue weighted by molar-refractivity contribution is 0.344. The largest absolute Gasteiger partial charge is 0.389 e. The zero-order valence-electron chi connectivity index (χ0n) is 12.5. The van der Waals surface area contributed by atoms with E-state index < -0.39 is 0 Å². The molecule has 0 aromatic heterocycles. The summed E-state index contributed by atoms with van der Waals surface area (Å²) in [5, 5.41) is 3.59. The van der Waals surface area contributed by atoms with Crippen LogP contribution < -0.4 is 11.1 Å². The molecule has 0 amide bonds. The van der Waals surface area contributed by atoms with Crippen molar-refractivity contribution in [1.29, 1.82) is 0 Å². The Balaban J connectivity index is 2.85. The predicted molar refractivity (Wildman–Crippen MR) is 87.9 cm³/mol. The Kier molecular flexibility index (Phi) is 5.76. The summed E-state index contributed by atoms with van der Waals surface area (Å²) in [4.78, 5) is 2.66. The van der Waals surface area contributed by atoms with Crippen molar-refractivity contribution in [3.63, 3.8) is 0 Å². The van der Waals surface area contributed by atoms with Crippen LogP contribution in [0.25, 0.3) is 0 Å². The maximum Gasteiger partial charge on any atom is 0.104 e. The minimum absolute atomic E-state index is 0.421. The van der Waals surface area contributed by atoms with Crippen molar-refractivity contribution in [1.82, 2.24) is 4.90 Å². The van der Waals surface area contributed by atoms with Gasteiger partial charge in [-0.3, -0.25) is 0 Å². The van der Waals surface area contributed by atoms with Crippen molar-refractivity contribution in [2.24, 2.45) is 11.7 Å². The molecule has 1 aromatic carbocycles. The van der Waals surface area contributed by atoms with Gasteiger partial charge in [-0.25, -0.2) is 0 Å². The average Bonchev–Trinajstić information content (AvgIpc) is 2.26. The van der Waals surface area contributed by atoms with Gasteiger partial charge in [-0.2, -0.15) is 0 Å². The van der Waals surface area contributed by atoms with E-state index in [0.717, 1.165) is 23.4 Å². The van der Waals surface area contributed by atoms with E-state index in [4.69, 9.17) is 18.0 Å². The van der Waals surface area contributed by atoms with E-state index in [-0.39, 0.29) is 0 Å². The first-order chi connectivity index (χ1) is 8.81. The Labute approximate surface area is 122 Å². The summed E-state index contributed by atoms with van der Waals surface area (Å²) in [6.07, 6.45) is 0. The molecular formula is C15H25N3S. The molecule has 1 unspecified atom stereocenters. The number of aryl methyl sites for hydroxylation is 1. The van der Waals surface area contributed by atoms with E-state index in [1.165, 1.54) is 0 Å². The highest BCUT2D eigenvalue weighted by Gasteiger charge is 2.14. The predicted octanol–water partition coefficient (Wildman–Crippen LogP) is 2.63. The lowest BCUT2D eigenvalue weighted by Gasteiger charge is -2.27. The minimum Gasteiger partial charge on any atom is -0.389 e. The van der Waals surface area contributed by atoms with Crippen molar-refractivity contribution in [2.45, 2.75) is 26.8 Å². The lowest BCUT2D eigenvalue weighted by atomic mass is 10.0. The van der Waals surface area contributed by atoms with E-state index in [9.17, 15) is 0 Å². The zero-order valence-corrected chi connectivity index (χ0v) is 13.3. The van der Waals surface area contributed by atoms with Gasteiger partial charge in [0.1, 0.15) is 4.99 Å². The van der Waals surface area contributed by atoms with Gasteiger partial charge in [-0.05, 0) is 50.7 Å². The van der Waals surface area contributed by atoms with Crippen LogP contribution in [-0.2, 0) is 0 Å². The molecule has 106 valence electrons. The van der Waals surface area contributed by atoms with Gasteiger partial charge in [-0.15, -0.1) is 0 Å². The summed E-state index contributed by atoms with van der Waals surface area (Å²) >= 11 is 5.03. The van der Waals surface area contributed by atoms with E-state index in [2.05, 4.69) is 44.2 Å². The second-order valence-electron chi connectivity index (χ2n) is 5.65. The monoisotopic (exact) mass is 279 g/mol. The Morgan fingerprint density at radius 2 is 2.00 bits per heavy atom. The molecule has 0 spiro atoms. The number of hydrogen-bond acceptors (Lipinski definition) is 3. The van der Waals surface area contributed by atoms with Gasteiger partial charge in [0.2, 0.25) is 0 Å². The maximum atomic E-state index is 5.68. The van der Waals surface area contributed by atoms with Crippen LogP contribution in [0.5, 0.6) is 0 Å². The molecule has 0 heterocycles. The quantitative estimate of drug-likeness (QED) is 0.786. The molecule has 0 radical (unpaired) electrons. The van der Waals surface area contributed by atoms with Crippen molar-refractivity contribution < 1.29 is 0 Å². The van der Waals surface area contributed by atoms with Crippen LogP contribution in [0.15, 0.2) is 18.2 Å². The van der Waals surface area contributed by atoms with Gasteiger partial charge in [0, 0.05) is 23.8 Å². The molecule has 0 bridgehead atoms. The van der Waals surface area contributed by atoms with Crippen molar-refractivity contribution in [2.75, 3.05) is 26.0 Å². The summed E-state index contributed by atoms with van der Waals surface area (Å²) in [6, 6.07) is 6.57. The number of anilines is 1. The van der Waals surface area contributed by atoms with E-state index in [1.54, 1.807) is 0 Å². The topological polar surface area (TPSA) is 41.3 Å². The molecule has 0 aliphatic rings. The SMILES string of the molecule is Cc1cc(NC(CN(C)C)C(C)C)ccc1C(N)=S. The Morgan fingerprint density at radius 3 is 2.42 bits per heavy atom. The first-order valence-corrected chi connectivity index (χ1v) is 7.03. The highest BCUT2D eigenvalue weighted by molar-refractivity contribution is 7.80. The number of likely N-dealkylation sites (N-methyl/N-ethyl adjacent to an activating group) is 1.